The molecule has 1 fully saturated rings. The van der Waals surface area contributed by atoms with Gasteiger partial charge in [0.15, 0.2) is 0 Å². The maximum atomic E-state index is 12.4. The Kier molecular flexibility index (Phi) is 5.87. The second-order valence-corrected chi connectivity index (χ2v) is 6.75. The zero-order chi connectivity index (χ0) is 17.6. The van der Waals surface area contributed by atoms with Crippen molar-refractivity contribution >= 4 is 5.91 Å². The van der Waals surface area contributed by atoms with Gasteiger partial charge in [-0.05, 0) is 51.4 Å². The number of hydrogen-bond acceptors (Lipinski definition) is 4. The smallest absolute Gasteiger partial charge is 0.226 e. The molecule has 0 saturated carbocycles. The predicted octanol–water partition coefficient (Wildman–Crippen LogP) is 3.18. The average Bonchev–Trinajstić information content (AvgIpc) is 3.25. The maximum Gasteiger partial charge on any atom is 0.226 e. The third-order valence-corrected chi connectivity index (χ3v) is 4.78. The van der Waals surface area contributed by atoms with Crippen molar-refractivity contribution in [1.82, 2.24) is 15.2 Å². The summed E-state index contributed by atoms with van der Waals surface area (Å²) < 4.78 is 5.74. The molecule has 1 atom stereocenters. The number of nitrogens with zero attached hydrogens (tertiary/aromatic N) is 2. The van der Waals surface area contributed by atoms with E-state index in [1.807, 2.05) is 37.3 Å². The molecular weight excluding hydrogens is 314 g/mol. The topological polar surface area (TPSA) is 58.4 Å². The van der Waals surface area contributed by atoms with Crippen molar-refractivity contribution in [3.8, 4) is 11.5 Å². The fourth-order valence-corrected chi connectivity index (χ4v) is 3.28. The third-order valence-electron chi connectivity index (χ3n) is 4.78. The Morgan fingerprint density at radius 1 is 1.28 bits per heavy atom. The molecule has 0 aliphatic carbocycles. The summed E-state index contributed by atoms with van der Waals surface area (Å²) >= 11 is 0. The van der Waals surface area contributed by atoms with Gasteiger partial charge in [0, 0.05) is 18.2 Å². The van der Waals surface area contributed by atoms with Gasteiger partial charge in [0.1, 0.15) is 5.76 Å². The molecule has 5 nitrogen and oxygen atoms in total. The number of likely N-dealkylation sites (tertiary alicyclic amines) is 1. The molecule has 1 saturated heterocycles. The van der Waals surface area contributed by atoms with E-state index in [4.69, 9.17) is 4.42 Å². The molecule has 2 heterocycles. The lowest BCUT2D eigenvalue weighted by molar-refractivity contribution is -0.121. The molecule has 1 amide bonds. The third kappa shape index (κ3) is 4.69. The van der Waals surface area contributed by atoms with Gasteiger partial charge in [0.2, 0.25) is 11.8 Å². The number of carbonyl (C=O) groups excluding carboxylic acids is 1. The van der Waals surface area contributed by atoms with Crippen LogP contribution < -0.4 is 5.32 Å². The van der Waals surface area contributed by atoms with Gasteiger partial charge < -0.3 is 14.6 Å². The van der Waals surface area contributed by atoms with Gasteiger partial charge >= 0.3 is 0 Å². The molecule has 3 rings (SSSR count). The quantitative estimate of drug-likeness (QED) is 0.840. The van der Waals surface area contributed by atoms with Gasteiger partial charge in [-0.2, -0.15) is 0 Å². The molecule has 25 heavy (non-hydrogen) atoms. The normalized spacial score (nSPS) is 16.1. The molecule has 134 valence electrons. The fourth-order valence-electron chi connectivity index (χ4n) is 3.28. The van der Waals surface area contributed by atoms with Crippen LogP contribution in [0.25, 0.3) is 11.5 Å². The maximum absolute atomic E-state index is 12.4. The summed E-state index contributed by atoms with van der Waals surface area (Å²) in [6, 6.07) is 9.97. The van der Waals surface area contributed by atoms with Crippen molar-refractivity contribution in [2.45, 2.75) is 45.6 Å². The summed E-state index contributed by atoms with van der Waals surface area (Å²) in [4.78, 5) is 19.4. The lowest BCUT2D eigenvalue weighted by Crippen LogP contribution is -2.43. The number of benzene rings is 1. The zero-order valence-electron chi connectivity index (χ0n) is 15.1. The number of nitrogens with one attached hydrogen (secondary N) is 1. The fraction of sp³-hybridized carbons (Fsp3) is 0.500. The first-order chi connectivity index (χ1) is 12.2. The van der Waals surface area contributed by atoms with Gasteiger partial charge in [-0.25, -0.2) is 4.98 Å². The number of carbonyl (C=O) groups is 1. The van der Waals surface area contributed by atoms with Gasteiger partial charge in [-0.15, -0.1) is 0 Å². The molecule has 0 bridgehead atoms. The molecular formula is C20H27N3O2. The van der Waals surface area contributed by atoms with E-state index in [0.29, 0.717) is 17.3 Å². The molecule has 1 aliphatic rings. The molecule has 2 aromatic rings. The van der Waals surface area contributed by atoms with Crippen LogP contribution >= 0.6 is 0 Å². The molecule has 0 radical (unpaired) electrons. The summed E-state index contributed by atoms with van der Waals surface area (Å²) in [5.74, 6) is 1.30. The standard InChI is InChI=1S/C20H27N3O2/c1-3-17(14-23-11-7-8-12-23)21-19(24)13-18-15(2)25-20(22-18)16-9-5-4-6-10-16/h4-6,9-10,17H,3,7-8,11-14H2,1-2H3,(H,21,24). The van der Waals surface area contributed by atoms with Gasteiger partial charge in [0.05, 0.1) is 12.1 Å². The van der Waals surface area contributed by atoms with E-state index in [1.165, 1.54) is 12.8 Å². The zero-order valence-corrected chi connectivity index (χ0v) is 15.1. The Bertz CT molecular complexity index is 690. The highest BCUT2D eigenvalue weighted by Crippen LogP contribution is 2.21. The summed E-state index contributed by atoms with van der Waals surface area (Å²) in [6.07, 6.45) is 3.74. The van der Waals surface area contributed by atoms with Crippen molar-refractivity contribution in [1.29, 1.82) is 0 Å². The molecule has 5 heteroatoms. The lowest BCUT2D eigenvalue weighted by Gasteiger charge is -2.23. The van der Waals surface area contributed by atoms with Crippen molar-refractivity contribution in [2.75, 3.05) is 19.6 Å². The van der Waals surface area contributed by atoms with E-state index in [9.17, 15) is 4.79 Å². The largest absolute Gasteiger partial charge is 0.441 e. The number of hydrogen-bond donors (Lipinski definition) is 1. The number of oxazole rings is 1. The van der Waals surface area contributed by atoms with E-state index >= 15 is 0 Å². The van der Waals surface area contributed by atoms with Crippen LogP contribution in [0.2, 0.25) is 0 Å². The summed E-state index contributed by atoms with van der Waals surface area (Å²) in [5.41, 5.74) is 1.64. The minimum Gasteiger partial charge on any atom is -0.441 e. The van der Waals surface area contributed by atoms with Gasteiger partial charge in [0.25, 0.3) is 0 Å². The summed E-state index contributed by atoms with van der Waals surface area (Å²) in [7, 11) is 0. The minimum absolute atomic E-state index is 0.0158. The van der Waals surface area contributed by atoms with E-state index in [0.717, 1.165) is 31.6 Å². The van der Waals surface area contributed by atoms with Crippen LogP contribution in [0.3, 0.4) is 0 Å². The van der Waals surface area contributed by atoms with Crippen LogP contribution in [0.4, 0.5) is 0 Å². The second-order valence-electron chi connectivity index (χ2n) is 6.75. The van der Waals surface area contributed by atoms with E-state index in [2.05, 4.69) is 22.1 Å². The van der Waals surface area contributed by atoms with Gasteiger partial charge in [-0.3, -0.25) is 4.79 Å². The highest BCUT2D eigenvalue weighted by molar-refractivity contribution is 5.78. The van der Waals surface area contributed by atoms with Gasteiger partial charge in [-0.1, -0.05) is 25.1 Å². The first-order valence-electron chi connectivity index (χ1n) is 9.19. The van der Waals surface area contributed by atoms with E-state index < -0.39 is 0 Å². The van der Waals surface area contributed by atoms with Crippen LogP contribution in [0.1, 0.15) is 37.6 Å². The van der Waals surface area contributed by atoms with Crippen molar-refractivity contribution in [3.05, 3.63) is 41.8 Å². The first kappa shape index (κ1) is 17.7. The Morgan fingerprint density at radius 3 is 2.68 bits per heavy atom. The Labute approximate surface area is 149 Å². The van der Waals surface area contributed by atoms with Crippen molar-refractivity contribution < 1.29 is 9.21 Å². The highest BCUT2D eigenvalue weighted by Gasteiger charge is 2.20. The highest BCUT2D eigenvalue weighted by atomic mass is 16.4. The summed E-state index contributed by atoms with van der Waals surface area (Å²) in [6.45, 7) is 7.22. The number of rotatable bonds is 7. The van der Waals surface area contributed by atoms with E-state index in [-0.39, 0.29) is 18.4 Å². The van der Waals surface area contributed by atoms with Crippen molar-refractivity contribution in [2.24, 2.45) is 0 Å². The first-order valence-corrected chi connectivity index (χ1v) is 9.19. The average molecular weight is 341 g/mol. The van der Waals surface area contributed by atoms with Crippen LogP contribution in [-0.4, -0.2) is 41.5 Å². The Morgan fingerprint density at radius 2 is 2.00 bits per heavy atom. The SMILES string of the molecule is CCC(CN1CCCC1)NC(=O)Cc1nc(-c2ccccc2)oc1C. The van der Waals surface area contributed by atoms with E-state index in [1.54, 1.807) is 0 Å². The molecule has 1 aliphatic heterocycles. The molecule has 1 aromatic carbocycles. The van der Waals surface area contributed by atoms with Crippen LogP contribution in [-0.2, 0) is 11.2 Å². The Hall–Kier alpha value is -2.14. The van der Waals surface area contributed by atoms with Crippen molar-refractivity contribution in [3.63, 3.8) is 0 Å². The molecule has 1 unspecified atom stereocenters. The summed E-state index contributed by atoms with van der Waals surface area (Å²) in [5, 5.41) is 3.16. The van der Waals surface area contributed by atoms with Crippen LogP contribution in [0, 0.1) is 6.92 Å². The molecule has 0 spiro atoms. The monoisotopic (exact) mass is 341 g/mol. The molecule has 1 aromatic heterocycles. The number of amides is 1. The second kappa shape index (κ2) is 8.30. The number of aryl methyl sites for hydroxylation is 1. The van der Waals surface area contributed by atoms with Crippen LogP contribution in [0.5, 0.6) is 0 Å². The predicted molar refractivity (Wildman–Crippen MR) is 98.3 cm³/mol. The minimum atomic E-state index is 0.0158. The number of aromatic nitrogens is 1. The molecule has 1 N–H and O–H groups in total. The lowest BCUT2D eigenvalue weighted by atomic mass is 10.2. The van der Waals surface area contributed by atoms with Crippen LogP contribution in [0.15, 0.2) is 34.7 Å². The Balaban J connectivity index is 1.59.